The number of methoxy groups -OCH3 is 2. The molecule has 0 radical (unpaired) electrons. The van der Waals surface area contributed by atoms with Gasteiger partial charge in [0.05, 0.1) is 19.2 Å². The standard InChI is InChI=1S/C15H19ClN2O3/c1-20-13-10-11(9-12(16)15(13)21-2)3-4-14(19)18-7-5-17-6-8-18/h3-4,9-10,17H,5-8H2,1-2H3/b4-3+. The first-order valence-corrected chi connectivity index (χ1v) is 7.12. The molecule has 1 aromatic rings. The van der Waals surface area contributed by atoms with Gasteiger partial charge in [-0.3, -0.25) is 4.79 Å². The molecule has 1 fully saturated rings. The predicted molar refractivity (Wildman–Crippen MR) is 83.0 cm³/mol. The number of hydrogen-bond donors (Lipinski definition) is 1. The quantitative estimate of drug-likeness (QED) is 0.862. The van der Waals surface area contributed by atoms with E-state index in [1.165, 1.54) is 7.11 Å². The van der Waals surface area contributed by atoms with E-state index < -0.39 is 0 Å². The highest BCUT2D eigenvalue weighted by molar-refractivity contribution is 6.32. The number of benzene rings is 1. The lowest BCUT2D eigenvalue weighted by Gasteiger charge is -2.26. The zero-order valence-electron chi connectivity index (χ0n) is 12.2. The maximum absolute atomic E-state index is 12.1. The van der Waals surface area contributed by atoms with Crippen LogP contribution in [0.1, 0.15) is 5.56 Å². The molecule has 0 bridgehead atoms. The number of hydrogen-bond acceptors (Lipinski definition) is 4. The molecular formula is C15H19ClN2O3. The molecule has 0 aliphatic carbocycles. The van der Waals surface area contributed by atoms with Gasteiger partial charge in [-0.25, -0.2) is 0 Å². The van der Waals surface area contributed by atoms with E-state index in [0.29, 0.717) is 16.5 Å². The number of halogens is 1. The summed E-state index contributed by atoms with van der Waals surface area (Å²) in [6, 6.07) is 3.52. The highest BCUT2D eigenvalue weighted by Crippen LogP contribution is 2.36. The van der Waals surface area contributed by atoms with Crippen LogP contribution >= 0.6 is 11.6 Å². The van der Waals surface area contributed by atoms with Crippen molar-refractivity contribution in [3.8, 4) is 11.5 Å². The van der Waals surface area contributed by atoms with Crippen LogP contribution in [-0.4, -0.2) is 51.2 Å². The molecule has 1 N–H and O–H groups in total. The third-order valence-electron chi connectivity index (χ3n) is 3.30. The van der Waals surface area contributed by atoms with Gasteiger partial charge in [0, 0.05) is 32.3 Å². The first kappa shape index (κ1) is 15.7. The summed E-state index contributed by atoms with van der Waals surface area (Å²) < 4.78 is 10.4. The Labute approximate surface area is 129 Å². The summed E-state index contributed by atoms with van der Waals surface area (Å²) in [5.74, 6) is 1.03. The average molecular weight is 311 g/mol. The fourth-order valence-corrected chi connectivity index (χ4v) is 2.49. The molecular weight excluding hydrogens is 292 g/mol. The number of nitrogens with zero attached hydrogens (tertiary/aromatic N) is 1. The summed E-state index contributed by atoms with van der Waals surface area (Å²) in [7, 11) is 3.08. The third-order valence-corrected chi connectivity index (χ3v) is 3.58. The van der Waals surface area contributed by atoms with Crippen LogP contribution < -0.4 is 14.8 Å². The van der Waals surface area contributed by atoms with Gasteiger partial charge in [0.25, 0.3) is 0 Å². The Balaban J connectivity index is 2.13. The molecule has 0 spiro atoms. The summed E-state index contributed by atoms with van der Waals surface area (Å²) in [6.07, 6.45) is 3.29. The van der Waals surface area contributed by atoms with Gasteiger partial charge in [-0.15, -0.1) is 0 Å². The van der Waals surface area contributed by atoms with Crippen molar-refractivity contribution in [2.45, 2.75) is 0 Å². The van der Waals surface area contributed by atoms with Gasteiger partial charge in [0.2, 0.25) is 5.91 Å². The maximum atomic E-state index is 12.1. The molecule has 5 nitrogen and oxygen atoms in total. The molecule has 0 atom stereocenters. The SMILES string of the molecule is COc1cc(/C=C/C(=O)N2CCNCC2)cc(Cl)c1OC. The summed E-state index contributed by atoms with van der Waals surface area (Å²) in [6.45, 7) is 3.13. The molecule has 114 valence electrons. The number of piperazine rings is 1. The van der Waals surface area contributed by atoms with Gasteiger partial charge in [0.1, 0.15) is 0 Å². The number of nitrogens with one attached hydrogen (secondary N) is 1. The van der Waals surface area contributed by atoms with Crippen LogP contribution in [0.5, 0.6) is 11.5 Å². The van der Waals surface area contributed by atoms with Gasteiger partial charge in [0.15, 0.2) is 11.5 Å². The molecule has 0 saturated carbocycles. The highest BCUT2D eigenvalue weighted by atomic mass is 35.5. The molecule has 0 unspecified atom stereocenters. The molecule has 1 heterocycles. The van der Waals surface area contributed by atoms with Crippen LogP contribution in [0.25, 0.3) is 6.08 Å². The average Bonchev–Trinajstić information content (AvgIpc) is 2.52. The van der Waals surface area contributed by atoms with E-state index in [1.54, 1.807) is 31.4 Å². The van der Waals surface area contributed by atoms with Gasteiger partial charge < -0.3 is 19.7 Å². The van der Waals surface area contributed by atoms with Gasteiger partial charge in [-0.2, -0.15) is 0 Å². The van der Waals surface area contributed by atoms with Crippen LogP contribution in [0.15, 0.2) is 18.2 Å². The molecule has 1 aromatic carbocycles. The maximum Gasteiger partial charge on any atom is 0.246 e. The summed E-state index contributed by atoms with van der Waals surface area (Å²) in [5.41, 5.74) is 0.793. The lowest BCUT2D eigenvalue weighted by Crippen LogP contribution is -2.45. The lowest BCUT2D eigenvalue weighted by atomic mass is 10.1. The largest absolute Gasteiger partial charge is 0.493 e. The minimum atomic E-state index is 0.00223. The van der Waals surface area contributed by atoms with Gasteiger partial charge >= 0.3 is 0 Å². The number of ether oxygens (including phenoxy) is 2. The Morgan fingerprint density at radius 1 is 1.29 bits per heavy atom. The van der Waals surface area contributed by atoms with Crippen molar-refractivity contribution in [2.24, 2.45) is 0 Å². The smallest absolute Gasteiger partial charge is 0.246 e. The summed E-state index contributed by atoms with van der Waals surface area (Å²) in [4.78, 5) is 13.9. The topological polar surface area (TPSA) is 50.8 Å². The fourth-order valence-electron chi connectivity index (χ4n) is 2.19. The number of carbonyl (C=O) groups excluding carboxylic acids is 1. The second kappa shape index (κ2) is 7.33. The van der Waals surface area contributed by atoms with E-state index in [9.17, 15) is 4.79 Å². The molecule has 1 aliphatic rings. The Morgan fingerprint density at radius 3 is 2.62 bits per heavy atom. The molecule has 0 aromatic heterocycles. The molecule has 2 rings (SSSR count). The van der Waals surface area contributed by atoms with Crippen molar-refractivity contribution in [1.29, 1.82) is 0 Å². The van der Waals surface area contributed by atoms with Crippen LogP contribution in [-0.2, 0) is 4.79 Å². The Morgan fingerprint density at radius 2 is 2.00 bits per heavy atom. The first-order chi connectivity index (χ1) is 10.2. The Kier molecular flexibility index (Phi) is 5.47. The van der Waals surface area contributed by atoms with Crippen LogP contribution in [0.4, 0.5) is 0 Å². The van der Waals surface area contributed by atoms with Crippen LogP contribution in [0.2, 0.25) is 5.02 Å². The minimum Gasteiger partial charge on any atom is -0.493 e. The monoisotopic (exact) mass is 310 g/mol. The van der Waals surface area contributed by atoms with Crippen molar-refractivity contribution in [3.63, 3.8) is 0 Å². The number of carbonyl (C=O) groups is 1. The van der Waals surface area contributed by atoms with Crippen molar-refractivity contribution in [2.75, 3.05) is 40.4 Å². The van der Waals surface area contributed by atoms with Crippen molar-refractivity contribution in [1.82, 2.24) is 10.2 Å². The van der Waals surface area contributed by atoms with Crippen LogP contribution in [0.3, 0.4) is 0 Å². The van der Waals surface area contributed by atoms with Crippen molar-refractivity contribution >= 4 is 23.6 Å². The predicted octanol–water partition coefficient (Wildman–Crippen LogP) is 1.80. The molecule has 1 amide bonds. The van der Waals surface area contributed by atoms with Crippen molar-refractivity contribution < 1.29 is 14.3 Å². The summed E-state index contributed by atoms with van der Waals surface area (Å²) >= 11 is 6.13. The van der Waals surface area contributed by atoms with Crippen molar-refractivity contribution in [3.05, 3.63) is 28.8 Å². The Hall–Kier alpha value is -1.72. The van der Waals surface area contributed by atoms with Gasteiger partial charge in [-0.1, -0.05) is 11.6 Å². The van der Waals surface area contributed by atoms with Gasteiger partial charge in [-0.05, 0) is 23.8 Å². The third kappa shape index (κ3) is 3.89. The molecule has 1 aliphatic heterocycles. The zero-order valence-corrected chi connectivity index (χ0v) is 12.9. The van der Waals surface area contributed by atoms with E-state index in [2.05, 4.69) is 5.32 Å². The fraction of sp³-hybridized carbons (Fsp3) is 0.400. The minimum absolute atomic E-state index is 0.00223. The second-order valence-electron chi connectivity index (χ2n) is 4.65. The van der Waals surface area contributed by atoms with E-state index in [4.69, 9.17) is 21.1 Å². The number of amides is 1. The van der Waals surface area contributed by atoms with Crippen LogP contribution in [0, 0.1) is 0 Å². The molecule has 21 heavy (non-hydrogen) atoms. The number of rotatable bonds is 4. The first-order valence-electron chi connectivity index (χ1n) is 6.75. The van der Waals surface area contributed by atoms with E-state index in [1.807, 2.05) is 4.90 Å². The van der Waals surface area contributed by atoms with E-state index in [0.717, 1.165) is 31.7 Å². The highest BCUT2D eigenvalue weighted by Gasteiger charge is 2.14. The molecule has 6 heteroatoms. The normalized spacial score (nSPS) is 15.3. The van der Waals surface area contributed by atoms with E-state index in [-0.39, 0.29) is 5.91 Å². The molecule has 1 saturated heterocycles. The lowest BCUT2D eigenvalue weighted by molar-refractivity contribution is -0.126. The summed E-state index contributed by atoms with van der Waals surface area (Å²) in [5, 5.41) is 3.66. The zero-order chi connectivity index (χ0) is 15.2. The van der Waals surface area contributed by atoms with E-state index >= 15 is 0 Å². The second-order valence-corrected chi connectivity index (χ2v) is 5.05. The Bertz CT molecular complexity index is 540.